The highest BCUT2D eigenvalue weighted by molar-refractivity contribution is 6.12. The summed E-state index contributed by atoms with van der Waals surface area (Å²) in [5.41, 5.74) is 1.48. The summed E-state index contributed by atoms with van der Waals surface area (Å²) < 4.78 is 12.0. The average Bonchev–Trinajstić information content (AvgIpc) is 3.27. The Bertz CT molecular complexity index is 1130. The molecule has 2 heterocycles. The fraction of sp³-hybridized carbons (Fsp3) is 0.320. The smallest absolute Gasteiger partial charge is 0.277 e. The number of hydrogen-bond donors (Lipinski definition) is 1. The van der Waals surface area contributed by atoms with E-state index in [1.165, 1.54) is 0 Å². The molecule has 2 aromatic carbocycles. The first-order chi connectivity index (χ1) is 16.0. The lowest BCUT2D eigenvalue weighted by atomic mass is 9.94. The largest absolute Gasteiger partial charge is 0.497 e. The normalized spacial score (nSPS) is 17.5. The zero-order chi connectivity index (χ0) is 23.4. The second kappa shape index (κ2) is 9.46. The third kappa shape index (κ3) is 4.34. The number of rotatable bonds is 8. The molecule has 0 saturated heterocycles. The van der Waals surface area contributed by atoms with E-state index >= 15 is 0 Å². The molecule has 0 spiro atoms. The number of amides is 2. The fourth-order valence-electron chi connectivity index (χ4n) is 4.08. The molecular formula is C25H28N4O4. The highest BCUT2D eigenvalue weighted by Gasteiger charge is 2.48. The van der Waals surface area contributed by atoms with Gasteiger partial charge in [-0.2, -0.15) is 5.10 Å². The van der Waals surface area contributed by atoms with Crippen LogP contribution in [0.5, 0.6) is 5.75 Å². The van der Waals surface area contributed by atoms with E-state index in [2.05, 4.69) is 10.4 Å². The van der Waals surface area contributed by atoms with Crippen LogP contribution >= 0.6 is 0 Å². The summed E-state index contributed by atoms with van der Waals surface area (Å²) in [5.74, 6) is 0.145. The van der Waals surface area contributed by atoms with Gasteiger partial charge in [0.1, 0.15) is 17.0 Å². The first-order valence-corrected chi connectivity index (χ1v) is 10.9. The lowest BCUT2D eigenvalue weighted by molar-refractivity contribution is -0.126. The van der Waals surface area contributed by atoms with Gasteiger partial charge in [0, 0.05) is 31.5 Å². The third-order valence-electron chi connectivity index (χ3n) is 5.85. The summed E-state index contributed by atoms with van der Waals surface area (Å²) in [4.78, 5) is 28.7. The van der Waals surface area contributed by atoms with Gasteiger partial charge in [-0.3, -0.25) is 19.2 Å². The summed E-state index contributed by atoms with van der Waals surface area (Å²) in [7, 11) is 3.21. The molecule has 1 atom stereocenters. The minimum atomic E-state index is -1.17. The maximum atomic E-state index is 13.7. The number of methoxy groups -OCH3 is 2. The van der Waals surface area contributed by atoms with E-state index < -0.39 is 5.54 Å². The van der Waals surface area contributed by atoms with Crippen molar-refractivity contribution in [3.63, 3.8) is 0 Å². The van der Waals surface area contributed by atoms with Crippen LogP contribution in [-0.4, -0.2) is 54.5 Å². The average molecular weight is 449 g/mol. The molecule has 1 aliphatic heterocycles. The molecule has 172 valence electrons. The summed E-state index contributed by atoms with van der Waals surface area (Å²) in [6.07, 6.45) is 0.681. The molecule has 1 aliphatic rings. The Labute approximate surface area is 193 Å². The first-order valence-electron chi connectivity index (χ1n) is 10.9. The minimum Gasteiger partial charge on any atom is -0.497 e. The van der Waals surface area contributed by atoms with Crippen LogP contribution in [0.25, 0.3) is 11.3 Å². The van der Waals surface area contributed by atoms with Crippen LogP contribution in [0.4, 0.5) is 5.69 Å². The number of nitrogens with one attached hydrogen (secondary N) is 1. The number of carbonyl (C=O) groups is 2. The predicted molar refractivity (Wildman–Crippen MR) is 125 cm³/mol. The fourth-order valence-corrected chi connectivity index (χ4v) is 4.08. The number of fused-ring (bicyclic) bond motifs is 1. The minimum absolute atomic E-state index is 0.225. The number of nitrogens with zero attached hydrogens (tertiary/aromatic N) is 3. The molecule has 0 fully saturated rings. The quantitative estimate of drug-likeness (QED) is 0.535. The van der Waals surface area contributed by atoms with Crippen LogP contribution in [-0.2, 0) is 16.1 Å². The van der Waals surface area contributed by atoms with E-state index in [1.54, 1.807) is 61.1 Å². The van der Waals surface area contributed by atoms with Gasteiger partial charge in [0.2, 0.25) is 5.91 Å². The molecule has 8 nitrogen and oxygen atoms in total. The summed E-state index contributed by atoms with van der Waals surface area (Å²) in [6.45, 7) is 2.99. The molecule has 2 amide bonds. The van der Waals surface area contributed by atoms with Gasteiger partial charge in [-0.05, 0) is 43.7 Å². The number of carbonyl (C=O) groups excluding carboxylic acids is 2. The Morgan fingerprint density at radius 2 is 1.85 bits per heavy atom. The van der Waals surface area contributed by atoms with Crippen molar-refractivity contribution in [3.8, 4) is 17.0 Å². The van der Waals surface area contributed by atoms with Crippen molar-refractivity contribution in [2.75, 3.05) is 32.3 Å². The van der Waals surface area contributed by atoms with E-state index in [4.69, 9.17) is 9.47 Å². The second-order valence-corrected chi connectivity index (χ2v) is 8.15. The monoisotopic (exact) mass is 448 g/mol. The van der Waals surface area contributed by atoms with Crippen LogP contribution in [0, 0.1) is 0 Å². The van der Waals surface area contributed by atoms with E-state index in [9.17, 15) is 9.59 Å². The first kappa shape index (κ1) is 22.5. The molecule has 3 aromatic rings. The van der Waals surface area contributed by atoms with Gasteiger partial charge in [0.15, 0.2) is 0 Å². The molecule has 0 saturated carbocycles. The Morgan fingerprint density at radius 1 is 1.12 bits per heavy atom. The van der Waals surface area contributed by atoms with Gasteiger partial charge >= 0.3 is 0 Å². The highest BCUT2D eigenvalue weighted by atomic mass is 16.5. The Kier molecular flexibility index (Phi) is 6.46. The molecule has 1 N–H and O–H groups in total. The number of anilines is 1. The molecule has 1 aromatic heterocycles. The van der Waals surface area contributed by atoms with Crippen molar-refractivity contribution in [2.24, 2.45) is 0 Å². The molecule has 8 heteroatoms. The van der Waals surface area contributed by atoms with Gasteiger partial charge in [-0.25, -0.2) is 0 Å². The van der Waals surface area contributed by atoms with Crippen molar-refractivity contribution in [1.29, 1.82) is 0 Å². The SMILES string of the molecule is COCCCNC(=O)[C@@]1(C)Cn2nc(-c3ccccc3)cc2C(=O)N1c1ccc(OC)cc1. The third-order valence-corrected chi connectivity index (χ3v) is 5.85. The van der Waals surface area contributed by atoms with Gasteiger partial charge < -0.3 is 14.8 Å². The molecule has 4 rings (SSSR count). The summed E-state index contributed by atoms with van der Waals surface area (Å²) in [5, 5.41) is 7.62. The zero-order valence-corrected chi connectivity index (χ0v) is 19.1. The summed E-state index contributed by atoms with van der Waals surface area (Å²) >= 11 is 0. The van der Waals surface area contributed by atoms with Gasteiger partial charge in [0.05, 0.1) is 19.3 Å². The van der Waals surface area contributed by atoms with Crippen molar-refractivity contribution >= 4 is 17.5 Å². The van der Waals surface area contributed by atoms with E-state index in [0.29, 0.717) is 42.4 Å². The van der Waals surface area contributed by atoms with Crippen molar-refractivity contribution in [1.82, 2.24) is 15.1 Å². The topological polar surface area (TPSA) is 85.7 Å². The van der Waals surface area contributed by atoms with Gasteiger partial charge in [-0.1, -0.05) is 30.3 Å². The summed E-state index contributed by atoms with van der Waals surface area (Å²) in [6, 6.07) is 18.6. The number of hydrogen-bond acceptors (Lipinski definition) is 5. The molecular weight excluding hydrogens is 420 g/mol. The van der Waals surface area contributed by atoms with Gasteiger partial charge in [0.25, 0.3) is 5.91 Å². The number of aromatic nitrogens is 2. The van der Waals surface area contributed by atoms with Crippen LogP contribution in [0.15, 0.2) is 60.7 Å². The van der Waals surface area contributed by atoms with Crippen molar-refractivity contribution < 1.29 is 19.1 Å². The van der Waals surface area contributed by atoms with E-state index in [1.807, 2.05) is 30.3 Å². The number of benzene rings is 2. The van der Waals surface area contributed by atoms with Crippen molar-refractivity contribution in [3.05, 3.63) is 66.4 Å². The van der Waals surface area contributed by atoms with Crippen LogP contribution < -0.4 is 15.0 Å². The van der Waals surface area contributed by atoms with Gasteiger partial charge in [-0.15, -0.1) is 0 Å². The predicted octanol–water partition coefficient (Wildman–Crippen LogP) is 3.13. The number of ether oxygens (including phenoxy) is 2. The van der Waals surface area contributed by atoms with Crippen LogP contribution in [0.1, 0.15) is 23.8 Å². The van der Waals surface area contributed by atoms with E-state index in [-0.39, 0.29) is 18.4 Å². The lowest BCUT2D eigenvalue weighted by Crippen LogP contribution is -2.64. The Morgan fingerprint density at radius 3 is 2.52 bits per heavy atom. The maximum Gasteiger partial charge on any atom is 0.277 e. The highest BCUT2D eigenvalue weighted by Crippen LogP contribution is 2.34. The lowest BCUT2D eigenvalue weighted by Gasteiger charge is -2.43. The van der Waals surface area contributed by atoms with E-state index in [0.717, 1.165) is 5.56 Å². The second-order valence-electron chi connectivity index (χ2n) is 8.15. The maximum absolute atomic E-state index is 13.7. The molecule has 0 radical (unpaired) electrons. The Hall–Kier alpha value is -3.65. The molecule has 0 aliphatic carbocycles. The van der Waals surface area contributed by atoms with Crippen LogP contribution in [0.2, 0.25) is 0 Å². The van der Waals surface area contributed by atoms with Crippen LogP contribution in [0.3, 0.4) is 0 Å². The molecule has 33 heavy (non-hydrogen) atoms. The zero-order valence-electron chi connectivity index (χ0n) is 19.1. The van der Waals surface area contributed by atoms with Crippen molar-refractivity contribution in [2.45, 2.75) is 25.4 Å². The molecule has 0 unspecified atom stereocenters. The molecule has 0 bridgehead atoms. The standard InChI is InChI=1S/C25H28N4O4/c1-25(24(31)26-14-7-15-32-2)17-28-22(16-21(27-28)18-8-5-4-6-9-18)23(30)29(25)19-10-12-20(33-3)13-11-19/h4-6,8-13,16H,7,14-15,17H2,1-3H3,(H,26,31)/t25-/m1/s1. The Balaban J connectivity index is 1.73.